The molecular formula is C20H13ClF2N4O2. The second kappa shape index (κ2) is 7.84. The average Bonchev–Trinajstić information content (AvgIpc) is 3.34. The van der Waals surface area contributed by atoms with Gasteiger partial charge in [-0.15, -0.1) is 0 Å². The lowest BCUT2D eigenvalue weighted by atomic mass is 10.2. The van der Waals surface area contributed by atoms with E-state index in [4.69, 9.17) is 16.1 Å². The van der Waals surface area contributed by atoms with E-state index in [-0.39, 0.29) is 29.0 Å². The van der Waals surface area contributed by atoms with Crippen molar-refractivity contribution in [3.63, 3.8) is 0 Å². The first kappa shape index (κ1) is 18.8. The van der Waals surface area contributed by atoms with E-state index in [1.54, 1.807) is 22.9 Å². The minimum absolute atomic E-state index is 0.0319. The van der Waals surface area contributed by atoms with Gasteiger partial charge in [0.15, 0.2) is 0 Å². The summed E-state index contributed by atoms with van der Waals surface area (Å²) in [5.74, 6) is -0.948. The summed E-state index contributed by atoms with van der Waals surface area (Å²) in [4.78, 5) is 16.6. The van der Waals surface area contributed by atoms with Crippen LogP contribution in [0.4, 0.5) is 14.5 Å². The summed E-state index contributed by atoms with van der Waals surface area (Å²) in [6.45, 7) is -0.0986. The van der Waals surface area contributed by atoms with Crippen molar-refractivity contribution in [2.24, 2.45) is 0 Å². The summed E-state index contributed by atoms with van der Waals surface area (Å²) in [7, 11) is 0. The summed E-state index contributed by atoms with van der Waals surface area (Å²) in [6, 6.07) is 13.1. The van der Waals surface area contributed by atoms with Crippen LogP contribution in [-0.2, 0) is 11.3 Å². The summed E-state index contributed by atoms with van der Waals surface area (Å²) in [6.07, 6.45) is 1.66. The largest absolute Gasteiger partial charge is 0.334 e. The molecule has 0 radical (unpaired) electrons. The van der Waals surface area contributed by atoms with Crippen LogP contribution >= 0.6 is 11.6 Å². The third-order valence-electron chi connectivity index (χ3n) is 4.10. The fraction of sp³-hybridized carbons (Fsp3) is 0.0500. The van der Waals surface area contributed by atoms with E-state index in [0.29, 0.717) is 17.1 Å². The van der Waals surface area contributed by atoms with Gasteiger partial charge in [0.2, 0.25) is 11.7 Å². The predicted octanol–water partition coefficient (Wildman–Crippen LogP) is 4.78. The van der Waals surface area contributed by atoms with Crippen LogP contribution in [0, 0.1) is 11.6 Å². The molecule has 4 rings (SSSR count). The SMILES string of the molecule is O=C(Cn1cccc1-c1nc(-c2ccc(F)cc2)no1)Nc1ccc(Cl)cc1F. The molecule has 4 aromatic rings. The second-order valence-electron chi connectivity index (χ2n) is 6.12. The molecule has 2 heterocycles. The molecule has 2 aromatic heterocycles. The zero-order valence-corrected chi connectivity index (χ0v) is 15.5. The molecule has 0 aliphatic carbocycles. The van der Waals surface area contributed by atoms with Gasteiger partial charge in [0.05, 0.1) is 5.69 Å². The summed E-state index contributed by atoms with van der Waals surface area (Å²) in [5, 5.41) is 6.63. The fourth-order valence-corrected chi connectivity index (χ4v) is 2.88. The third-order valence-corrected chi connectivity index (χ3v) is 4.33. The quantitative estimate of drug-likeness (QED) is 0.510. The van der Waals surface area contributed by atoms with Gasteiger partial charge in [-0.25, -0.2) is 8.78 Å². The van der Waals surface area contributed by atoms with Crippen molar-refractivity contribution < 1.29 is 18.1 Å². The number of hydrogen-bond acceptors (Lipinski definition) is 4. The number of nitrogens with zero attached hydrogens (tertiary/aromatic N) is 3. The highest BCUT2D eigenvalue weighted by Gasteiger charge is 2.16. The van der Waals surface area contributed by atoms with Crippen LogP contribution in [0.25, 0.3) is 23.0 Å². The lowest BCUT2D eigenvalue weighted by Gasteiger charge is -2.09. The van der Waals surface area contributed by atoms with Crippen molar-refractivity contribution in [2.75, 3.05) is 5.32 Å². The van der Waals surface area contributed by atoms with Crippen LogP contribution < -0.4 is 5.32 Å². The molecule has 6 nitrogen and oxygen atoms in total. The van der Waals surface area contributed by atoms with Gasteiger partial charge in [-0.1, -0.05) is 16.8 Å². The Morgan fingerprint density at radius 3 is 2.69 bits per heavy atom. The second-order valence-corrected chi connectivity index (χ2v) is 6.56. The molecule has 1 N–H and O–H groups in total. The van der Waals surface area contributed by atoms with E-state index in [2.05, 4.69) is 15.5 Å². The van der Waals surface area contributed by atoms with Crippen molar-refractivity contribution in [2.45, 2.75) is 6.54 Å². The van der Waals surface area contributed by atoms with Gasteiger partial charge in [0, 0.05) is 16.8 Å². The Labute approximate surface area is 168 Å². The maximum Gasteiger partial charge on any atom is 0.274 e. The Hall–Kier alpha value is -3.52. The van der Waals surface area contributed by atoms with Crippen LogP contribution in [-0.4, -0.2) is 20.6 Å². The molecule has 0 saturated carbocycles. The van der Waals surface area contributed by atoms with Gasteiger partial charge in [-0.3, -0.25) is 4.79 Å². The predicted molar refractivity (Wildman–Crippen MR) is 103 cm³/mol. The van der Waals surface area contributed by atoms with Crippen molar-refractivity contribution in [1.82, 2.24) is 14.7 Å². The number of nitrogens with one attached hydrogen (secondary N) is 1. The minimum Gasteiger partial charge on any atom is -0.334 e. The third kappa shape index (κ3) is 4.17. The highest BCUT2D eigenvalue weighted by molar-refractivity contribution is 6.30. The van der Waals surface area contributed by atoms with E-state index < -0.39 is 11.7 Å². The average molecular weight is 415 g/mol. The summed E-state index contributed by atoms with van der Waals surface area (Å²) in [5.41, 5.74) is 1.14. The monoisotopic (exact) mass is 414 g/mol. The zero-order chi connectivity index (χ0) is 20.4. The standard InChI is InChI=1S/C20H13ClF2N4O2/c21-13-5-8-16(15(23)10-13)24-18(28)11-27-9-1-2-17(27)20-25-19(26-29-20)12-3-6-14(22)7-4-12/h1-10H,11H2,(H,24,28). The van der Waals surface area contributed by atoms with Crippen molar-refractivity contribution >= 4 is 23.2 Å². The molecule has 1 amide bonds. The molecule has 0 saturated heterocycles. The maximum absolute atomic E-state index is 13.9. The van der Waals surface area contributed by atoms with E-state index in [9.17, 15) is 13.6 Å². The van der Waals surface area contributed by atoms with Crippen LogP contribution in [0.15, 0.2) is 65.3 Å². The van der Waals surface area contributed by atoms with E-state index in [0.717, 1.165) is 6.07 Å². The van der Waals surface area contributed by atoms with E-state index in [1.807, 2.05) is 0 Å². The first-order chi connectivity index (χ1) is 14.0. The smallest absolute Gasteiger partial charge is 0.274 e. The number of halogens is 3. The van der Waals surface area contributed by atoms with E-state index >= 15 is 0 Å². The summed E-state index contributed by atoms with van der Waals surface area (Å²) >= 11 is 5.71. The summed E-state index contributed by atoms with van der Waals surface area (Å²) < 4.78 is 33.8. The Morgan fingerprint density at radius 2 is 1.93 bits per heavy atom. The molecule has 9 heteroatoms. The van der Waals surface area contributed by atoms with Gasteiger partial charge in [-0.2, -0.15) is 4.98 Å². The van der Waals surface area contributed by atoms with Gasteiger partial charge >= 0.3 is 0 Å². The molecule has 0 unspecified atom stereocenters. The molecule has 0 aliphatic rings. The molecule has 2 aromatic carbocycles. The van der Waals surface area contributed by atoms with Crippen LogP contribution in [0.5, 0.6) is 0 Å². The van der Waals surface area contributed by atoms with Gasteiger partial charge in [-0.05, 0) is 54.6 Å². The molecule has 0 bridgehead atoms. The number of anilines is 1. The highest BCUT2D eigenvalue weighted by atomic mass is 35.5. The molecule has 0 atom stereocenters. The van der Waals surface area contributed by atoms with Crippen molar-refractivity contribution in [3.05, 3.63) is 77.5 Å². The van der Waals surface area contributed by atoms with Crippen LogP contribution in [0.3, 0.4) is 0 Å². The number of rotatable bonds is 5. The first-order valence-electron chi connectivity index (χ1n) is 8.49. The minimum atomic E-state index is -0.626. The number of benzene rings is 2. The molecule has 0 spiro atoms. The molecular weight excluding hydrogens is 402 g/mol. The maximum atomic E-state index is 13.9. The van der Waals surface area contributed by atoms with Crippen LogP contribution in [0.2, 0.25) is 5.02 Å². The Bertz CT molecular complexity index is 1170. The van der Waals surface area contributed by atoms with Crippen LogP contribution in [0.1, 0.15) is 0 Å². The lowest BCUT2D eigenvalue weighted by Crippen LogP contribution is -2.19. The normalized spacial score (nSPS) is 10.9. The Balaban J connectivity index is 1.51. The molecule has 146 valence electrons. The Kier molecular flexibility index (Phi) is 5.09. The molecule has 0 aliphatic heterocycles. The molecule has 29 heavy (non-hydrogen) atoms. The molecule has 0 fully saturated rings. The fourth-order valence-electron chi connectivity index (χ4n) is 2.73. The number of carbonyl (C=O) groups excluding carboxylic acids is 1. The lowest BCUT2D eigenvalue weighted by molar-refractivity contribution is -0.116. The zero-order valence-electron chi connectivity index (χ0n) is 14.8. The van der Waals surface area contributed by atoms with Gasteiger partial charge in [0.25, 0.3) is 5.89 Å². The topological polar surface area (TPSA) is 73.0 Å². The number of hydrogen-bond donors (Lipinski definition) is 1. The number of aromatic nitrogens is 3. The van der Waals surface area contributed by atoms with Gasteiger partial charge in [0.1, 0.15) is 23.9 Å². The van der Waals surface area contributed by atoms with E-state index in [1.165, 1.54) is 36.4 Å². The first-order valence-corrected chi connectivity index (χ1v) is 8.87. The number of carbonyl (C=O) groups is 1. The van der Waals surface area contributed by atoms with Crippen molar-refractivity contribution in [1.29, 1.82) is 0 Å². The van der Waals surface area contributed by atoms with Gasteiger partial charge < -0.3 is 14.4 Å². The van der Waals surface area contributed by atoms with Crippen molar-refractivity contribution in [3.8, 4) is 23.0 Å². The Morgan fingerprint density at radius 1 is 1.14 bits per heavy atom. The number of amides is 1. The highest BCUT2D eigenvalue weighted by Crippen LogP contribution is 2.23.